The van der Waals surface area contributed by atoms with Crippen LogP contribution in [0.15, 0.2) is 12.2 Å². The maximum Gasteiger partial charge on any atom is 0.0749 e. The summed E-state index contributed by atoms with van der Waals surface area (Å²) in [6.07, 6.45) is 6.26. The van der Waals surface area contributed by atoms with Gasteiger partial charge in [0.1, 0.15) is 0 Å². The van der Waals surface area contributed by atoms with Crippen LogP contribution in [0, 0.1) is 11.3 Å². The Bertz CT molecular complexity index is 149. The first kappa shape index (κ1) is 8.79. The van der Waals surface area contributed by atoms with E-state index in [4.69, 9.17) is 0 Å². The van der Waals surface area contributed by atoms with Crippen molar-refractivity contribution in [3.63, 3.8) is 0 Å². The number of allylic oxidation sites excluding steroid dienone is 1. The molecule has 0 unspecified atom stereocenters. The second-order valence-corrected chi connectivity index (χ2v) is 4.55. The van der Waals surface area contributed by atoms with E-state index in [1.807, 2.05) is 6.08 Å². The van der Waals surface area contributed by atoms with Gasteiger partial charge in [0, 0.05) is 0 Å². The Hall–Kier alpha value is -0.300. The molecular formula is C10H18O. The molecule has 1 saturated carbocycles. The predicted molar refractivity (Wildman–Crippen MR) is 47.3 cm³/mol. The van der Waals surface area contributed by atoms with E-state index in [-0.39, 0.29) is 11.5 Å². The van der Waals surface area contributed by atoms with Gasteiger partial charge in [-0.2, -0.15) is 0 Å². The van der Waals surface area contributed by atoms with Gasteiger partial charge in [0.05, 0.1) is 6.10 Å². The van der Waals surface area contributed by atoms with Crippen molar-refractivity contribution < 1.29 is 5.11 Å². The maximum absolute atomic E-state index is 9.47. The summed E-state index contributed by atoms with van der Waals surface area (Å²) in [5.74, 6) is 0.564. The molecule has 1 fully saturated rings. The van der Waals surface area contributed by atoms with Crippen molar-refractivity contribution in [3.8, 4) is 0 Å². The molecule has 0 spiro atoms. The maximum atomic E-state index is 9.47. The van der Waals surface area contributed by atoms with Gasteiger partial charge >= 0.3 is 0 Å². The minimum Gasteiger partial charge on any atom is -0.389 e. The Morgan fingerprint density at radius 2 is 1.91 bits per heavy atom. The average Bonchev–Trinajstić information content (AvgIpc) is 2.61. The number of rotatable bonds is 2. The third kappa shape index (κ3) is 3.57. The Kier molecular flexibility index (Phi) is 2.38. The van der Waals surface area contributed by atoms with Crippen LogP contribution in [0.2, 0.25) is 0 Å². The van der Waals surface area contributed by atoms with E-state index < -0.39 is 0 Å². The summed E-state index contributed by atoms with van der Waals surface area (Å²) in [6, 6.07) is 0. The largest absolute Gasteiger partial charge is 0.389 e. The standard InChI is InChI=1S/C10H18O/c1-10(2,3)7-6-9(11)8-4-5-8/h6-9,11H,4-5H2,1-3H3/b7-6+/t9-/m1/s1. The van der Waals surface area contributed by atoms with Crippen molar-refractivity contribution in [2.75, 3.05) is 0 Å². The van der Waals surface area contributed by atoms with Gasteiger partial charge in [-0.1, -0.05) is 32.9 Å². The molecule has 0 aromatic heterocycles. The van der Waals surface area contributed by atoms with Gasteiger partial charge in [0.25, 0.3) is 0 Å². The van der Waals surface area contributed by atoms with Gasteiger partial charge in [-0.3, -0.25) is 0 Å². The fraction of sp³-hybridized carbons (Fsp3) is 0.800. The molecule has 0 aromatic carbocycles. The molecule has 1 aliphatic carbocycles. The van der Waals surface area contributed by atoms with Crippen LogP contribution in [-0.2, 0) is 0 Å². The van der Waals surface area contributed by atoms with E-state index in [0.717, 1.165) is 0 Å². The van der Waals surface area contributed by atoms with Crippen LogP contribution in [-0.4, -0.2) is 11.2 Å². The Morgan fingerprint density at radius 1 is 1.36 bits per heavy atom. The molecule has 0 amide bonds. The first-order chi connectivity index (χ1) is 4.99. The van der Waals surface area contributed by atoms with Crippen molar-refractivity contribution >= 4 is 0 Å². The molecule has 0 radical (unpaired) electrons. The molecular weight excluding hydrogens is 136 g/mol. The van der Waals surface area contributed by atoms with Crippen LogP contribution in [0.1, 0.15) is 33.6 Å². The number of aliphatic hydroxyl groups is 1. The van der Waals surface area contributed by atoms with Gasteiger partial charge in [-0.05, 0) is 24.2 Å². The average molecular weight is 154 g/mol. The van der Waals surface area contributed by atoms with E-state index in [9.17, 15) is 5.11 Å². The fourth-order valence-corrected chi connectivity index (χ4v) is 0.982. The second-order valence-electron chi connectivity index (χ2n) is 4.55. The first-order valence-electron chi connectivity index (χ1n) is 4.36. The zero-order chi connectivity index (χ0) is 8.48. The van der Waals surface area contributed by atoms with Crippen LogP contribution in [0.4, 0.5) is 0 Å². The van der Waals surface area contributed by atoms with Crippen molar-refractivity contribution in [1.29, 1.82) is 0 Å². The SMILES string of the molecule is CC(C)(C)/C=C/[C@@H](O)C1CC1. The summed E-state index contributed by atoms with van der Waals surface area (Å²) >= 11 is 0. The monoisotopic (exact) mass is 154 g/mol. The van der Waals surface area contributed by atoms with E-state index >= 15 is 0 Å². The normalized spacial score (nSPS) is 22.5. The smallest absolute Gasteiger partial charge is 0.0749 e. The third-order valence-electron chi connectivity index (χ3n) is 1.90. The van der Waals surface area contributed by atoms with E-state index in [1.54, 1.807) is 0 Å². The zero-order valence-corrected chi connectivity index (χ0v) is 7.67. The van der Waals surface area contributed by atoms with Gasteiger partial charge < -0.3 is 5.11 Å². The number of hydrogen-bond donors (Lipinski definition) is 1. The molecule has 0 bridgehead atoms. The minimum atomic E-state index is -0.186. The highest BCUT2D eigenvalue weighted by molar-refractivity contribution is 5.00. The van der Waals surface area contributed by atoms with E-state index in [2.05, 4.69) is 26.8 Å². The quantitative estimate of drug-likeness (QED) is 0.605. The lowest BCUT2D eigenvalue weighted by molar-refractivity contribution is 0.198. The Morgan fingerprint density at radius 3 is 2.27 bits per heavy atom. The van der Waals surface area contributed by atoms with Crippen LogP contribution in [0.25, 0.3) is 0 Å². The van der Waals surface area contributed by atoms with Crippen LogP contribution >= 0.6 is 0 Å². The van der Waals surface area contributed by atoms with E-state index in [1.165, 1.54) is 12.8 Å². The van der Waals surface area contributed by atoms with Gasteiger partial charge in [0.15, 0.2) is 0 Å². The van der Waals surface area contributed by atoms with Crippen LogP contribution in [0.3, 0.4) is 0 Å². The molecule has 1 atom stereocenters. The predicted octanol–water partition coefficient (Wildman–Crippen LogP) is 2.36. The fourth-order valence-electron chi connectivity index (χ4n) is 0.982. The highest BCUT2D eigenvalue weighted by Crippen LogP contribution is 2.33. The Balaban J connectivity index is 2.33. The summed E-state index contributed by atoms with van der Waals surface area (Å²) in [5.41, 5.74) is 0.204. The summed E-state index contributed by atoms with van der Waals surface area (Å²) in [6.45, 7) is 6.43. The molecule has 1 rings (SSSR count). The third-order valence-corrected chi connectivity index (χ3v) is 1.90. The highest BCUT2D eigenvalue weighted by Gasteiger charge is 2.27. The highest BCUT2D eigenvalue weighted by atomic mass is 16.3. The van der Waals surface area contributed by atoms with Crippen LogP contribution < -0.4 is 0 Å². The van der Waals surface area contributed by atoms with Gasteiger partial charge in [0.2, 0.25) is 0 Å². The molecule has 0 aromatic rings. The zero-order valence-electron chi connectivity index (χ0n) is 7.67. The number of aliphatic hydroxyl groups excluding tert-OH is 1. The van der Waals surface area contributed by atoms with Crippen LogP contribution in [0.5, 0.6) is 0 Å². The lowest BCUT2D eigenvalue weighted by Gasteiger charge is -2.12. The molecule has 11 heavy (non-hydrogen) atoms. The molecule has 0 saturated heterocycles. The van der Waals surface area contributed by atoms with Crippen molar-refractivity contribution in [3.05, 3.63) is 12.2 Å². The topological polar surface area (TPSA) is 20.2 Å². The van der Waals surface area contributed by atoms with Crippen molar-refractivity contribution in [1.82, 2.24) is 0 Å². The molecule has 1 heteroatoms. The van der Waals surface area contributed by atoms with Crippen molar-refractivity contribution in [2.24, 2.45) is 11.3 Å². The summed E-state index contributed by atoms with van der Waals surface area (Å²) in [4.78, 5) is 0. The lowest BCUT2D eigenvalue weighted by Crippen LogP contribution is -2.07. The molecule has 0 aliphatic heterocycles. The Labute approximate surface area is 69.1 Å². The molecule has 0 heterocycles. The molecule has 1 aliphatic rings. The summed E-state index contributed by atoms with van der Waals surface area (Å²) in [7, 11) is 0. The van der Waals surface area contributed by atoms with E-state index in [0.29, 0.717) is 5.92 Å². The summed E-state index contributed by atoms with van der Waals surface area (Å²) in [5, 5.41) is 9.47. The molecule has 1 N–H and O–H groups in total. The lowest BCUT2D eigenvalue weighted by atomic mass is 9.95. The van der Waals surface area contributed by atoms with Gasteiger partial charge in [-0.15, -0.1) is 0 Å². The van der Waals surface area contributed by atoms with Gasteiger partial charge in [-0.25, -0.2) is 0 Å². The first-order valence-corrected chi connectivity index (χ1v) is 4.36. The minimum absolute atomic E-state index is 0.186. The molecule has 1 nitrogen and oxygen atoms in total. The second kappa shape index (κ2) is 2.98. The molecule has 64 valence electrons. The van der Waals surface area contributed by atoms with Crippen molar-refractivity contribution in [2.45, 2.75) is 39.7 Å². The summed E-state index contributed by atoms with van der Waals surface area (Å²) < 4.78 is 0. The number of hydrogen-bond acceptors (Lipinski definition) is 1.